The molecule has 0 radical (unpaired) electrons. The molecule has 3 heterocycles. The number of aromatic nitrogens is 4. The number of aryl methyl sites for hydroxylation is 2. The Labute approximate surface area is 172 Å². The minimum absolute atomic E-state index is 0.150. The number of aromatic amines is 1. The van der Waals surface area contributed by atoms with Gasteiger partial charge in [-0.25, -0.2) is 22.4 Å². The van der Waals surface area contributed by atoms with Crippen LogP contribution in [0.3, 0.4) is 0 Å². The van der Waals surface area contributed by atoms with Gasteiger partial charge in [-0.2, -0.15) is 5.26 Å². The molecule has 29 heavy (non-hydrogen) atoms. The zero-order valence-corrected chi connectivity index (χ0v) is 17.2. The van der Waals surface area contributed by atoms with Gasteiger partial charge in [-0.05, 0) is 49.8 Å². The summed E-state index contributed by atoms with van der Waals surface area (Å²) in [5.41, 5.74) is 3.26. The smallest absolute Gasteiger partial charge is 0.269 e. The molecule has 0 unspecified atom stereocenters. The molecule has 1 N–H and O–H groups in total. The summed E-state index contributed by atoms with van der Waals surface area (Å²) in [6.45, 7) is 3.75. The van der Waals surface area contributed by atoms with Crippen LogP contribution in [0.5, 0.6) is 0 Å². The van der Waals surface area contributed by atoms with Gasteiger partial charge in [-0.1, -0.05) is 17.7 Å². The van der Waals surface area contributed by atoms with E-state index in [4.69, 9.17) is 12.2 Å². The average Bonchev–Trinajstić information content (AvgIpc) is 3.07. The van der Waals surface area contributed by atoms with Crippen molar-refractivity contribution in [2.75, 3.05) is 0 Å². The van der Waals surface area contributed by atoms with Gasteiger partial charge >= 0.3 is 0 Å². The van der Waals surface area contributed by atoms with E-state index in [0.717, 1.165) is 15.1 Å². The van der Waals surface area contributed by atoms with Crippen molar-refractivity contribution in [3.63, 3.8) is 0 Å². The van der Waals surface area contributed by atoms with Gasteiger partial charge in [0.1, 0.15) is 6.07 Å². The second kappa shape index (κ2) is 6.92. The van der Waals surface area contributed by atoms with E-state index in [9.17, 15) is 13.7 Å². The van der Waals surface area contributed by atoms with Crippen molar-refractivity contribution in [2.45, 2.75) is 18.7 Å². The highest BCUT2D eigenvalue weighted by molar-refractivity contribution is 7.90. The van der Waals surface area contributed by atoms with Gasteiger partial charge in [0.25, 0.3) is 10.0 Å². The first-order valence-corrected chi connectivity index (χ1v) is 10.5. The first-order valence-electron chi connectivity index (χ1n) is 8.61. The minimum Gasteiger partial charge on any atom is -0.329 e. The largest absolute Gasteiger partial charge is 0.329 e. The standard InChI is InChI=1S/C20H15N5O2S2/c1-12-3-5-15(6-4-12)29(26,27)25-11-17(16-7-13(2)9-22-19(16)25)18-14(8-21)10-23-20(28)24-18/h3-7,9-11H,1-2H3,(H,23,24,28). The summed E-state index contributed by atoms with van der Waals surface area (Å²) in [5.74, 6) is 0. The number of hydrogen-bond acceptors (Lipinski definition) is 6. The maximum absolute atomic E-state index is 13.3. The number of nitrogens with one attached hydrogen (secondary N) is 1. The molecule has 4 rings (SSSR count). The number of rotatable bonds is 3. The van der Waals surface area contributed by atoms with Gasteiger partial charge in [-0.3, -0.25) is 0 Å². The third-order valence-electron chi connectivity index (χ3n) is 4.53. The van der Waals surface area contributed by atoms with Crippen LogP contribution in [-0.2, 0) is 10.0 Å². The maximum atomic E-state index is 13.3. The van der Waals surface area contributed by atoms with Crippen LogP contribution in [0.4, 0.5) is 0 Å². The van der Waals surface area contributed by atoms with Crippen molar-refractivity contribution >= 4 is 33.3 Å². The molecule has 0 aliphatic carbocycles. The fourth-order valence-electron chi connectivity index (χ4n) is 3.08. The van der Waals surface area contributed by atoms with E-state index in [0.29, 0.717) is 16.6 Å². The number of fused-ring (bicyclic) bond motifs is 1. The number of nitrogens with zero attached hydrogens (tertiary/aromatic N) is 4. The second-order valence-corrected chi connectivity index (χ2v) is 8.83. The van der Waals surface area contributed by atoms with E-state index in [1.165, 1.54) is 12.4 Å². The molecule has 0 spiro atoms. The van der Waals surface area contributed by atoms with Crippen LogP contribution in [0.1, 0.15) is 16.7 Å². The van der Waals surface area contributed by atoms with Gasteiger partial charge in [-0.15, -0.1) is 0 Å². The van der Waals surface area contributed by atoms with E-state index < -0.39 is 10.0 Å². The van der Waals surface area contributed by atoms with Crippen LogP contribution < -0.4 is 0 Å². The lowest BCUT2D eigenvalue weighted by Gasteiger charge is -2.07. The summed E-state index contributed by atoms with van der Waals surface area (Å²) in [6, 6.07) is 10.5. The molecule has 144 valence electrons. The molecule has 0 atom stereocenters. The Kier molecular flexibility index (Phi) is 4.53. The molecule has 0 fully saturated rings. The molecule has 3 aromatic heterocycles. The fraction of sp³-hybridized carbons (Fsp3) is 0.100. The van der Waals surface area contributed by atoms with Crippen molar-refractivity contribution in [3.8, 4) is 17.3 Å². The highest BCUT2D eigenvalue weighted by Crippen LogP contribution is 2.33. The summed E-state index contributed by atoms with van der Waals surface area (Å²) in [5, 5.41) is 10.1. The Morgan fingerprint density at radius 2 is 1.83 bits per heavy atom. The van der Waals surface area contributed by atoms with Gasteiger partial charge in [0.2, 0.25) is 0 Å². The van der Waals surface area contributed by atoms with E-state index in [1.807, 2.05) is 19.9 Å². The Morgan fingerprint density at radius 1 is 1.10 bits per heavy atom. The fourth-order valence-corrected chi connectivity index (χ4v) is 4.56. The van der Waals surface area contributed by atoms with Crippen LogP contribution in [0.2, 0.25) is 0 Å². The van der Waals surface area contributed by atoms with Crippen LogP contribution >= 0.6 is 12.2 Å². The van der Waals surface area contributed by atoms with Crippen molar-refractivity contribution in [2.24, 2.45) is 0 Å². The molecule has 7 nitrogen and oxygen atoms in total. The Bertz CT molecular complexity index is 1460. The molecule has 0 saturated heterocycles. The Morgan fingerprint density at radius 3 is 2.52 bits per heavy atom. The van der Waals surface area contributed by atoms with Crippen molar-refractivity contribution in [1.82, 2.24) is 18.9 Å². The van der Waals surface area contributed by atoms with Crippen LogP contribution in [0.25, 0.3) is 22.3 Å². The van der Waals surface area contributed by atoms with Gasteiger partial charge in [0.15, 0.2) is 10.4 Å². The average molecular weight is 422 g/mol. The lowest BCUT2D eigenvalue weighted by atomic mass is 10.1. The normalized spacial score (nSPS) is 11.5. The van der Waals surface area contributed by atoms with E-state index >= 15 is 0 Å². The first-order chi connectivity index (χ1) is 13.8. The number of H-pyrrole nitrogens is 1. The molecule has 0 saturated carbocycles. The summed E-state index contributed by atoms with van der Waals surface area (Å²) in [6.07, 6.45) is 4.44. The van der Waals surface area contributed by atoms with Crippen LogP contribution in [-0.4, -0.2) is 27.3 Å². The molecule has 4 aromatic rings. The van der Waals surface area contributed by atoms with Gasteiger partial charge in [0, 0.05) is 23.3 Å². The third kappa shape index (κ3) is 3.22. The molecular weight excluding hydrogens is 406 g/mol. The minimum atomic E-state index is -3.90. The van der Waals surface area contributed by atoms with Crippen LogP contribution in [0, 0.1) is 29.9 Å². The van der Waals surface area contributed by atoms with Crippen molar-refractivity contribution in [3.05, 3.63) is 70.4 Å². The molecule has 0 aliphatic heterocycles. The lowest BCUT2D eigenvalue weighted by Crippen LogP contribution is -2.12. The third-order valence-corrected chi connectivity index (χ3v) is 6.40. The molecule has 1 aromatic carbocycles. The molecule has 0 bridgehead atoms. The number of hydrogen-bond donors (Lipinski definition) is 1. The maximum Gasteiger partial charge on any atom is 0.269 e. The van der Waals surface area contributed by atoms with E-state index in [2.05, 4.69) is 21.0 Å². The van der Waals surface area contributed by atoms with E-state index in [1.54, 1.807) is 30.5 Å². The number of pyridine rings is 1. The first kappa shape index (κ1) is 19.0. The quantitative estimate of drug-likeness (QED) is 0.503. The Hall–Kier alpha value is -3.35. The SMILES string of the molecule is Cc1ccc(S(=O)(=O)n2cc(-c3[nH]c(=S)ncc3C#N)c3cc(C)cnc32)cc1. The summed E-state index contributed by atoms with van der Waals surface area (Å²) in [4.78, 5) is 11.4. The second-order valence-electron chi connectivity index (χ2n) is 6.63. The lowest BCUT2D eigenvalue weighted by molar-refractivity contribution is 0.589. The van der Waals surface area contributed by atoms with E-state index in [-0.39, 0.29) is 20.9 Å². The molecule has 0 amide bonds. The van der Waals surface area contributed by atoms with Gasteiger partial charge < -0.3 is 4.98 Å². The predicted octanol–water partition coefficient (Wildman–Crippen LogP) is 3.88. The summed E-state index contributed by atoms with van der Waals surface area (Å²) >= 11 is 5.11. The monoisotopic (exact) mass is 421 g/mol. The highest BCUT2D eigenvalue weighted by Gasteiger charge is 2.24. The zero-order chi connectivity index (χ0) is 20.8. The molecule has 0 aliphatic rings. The molecule has 9 heteroatoms. The van der Waals surface area contributed by atoms with Gasteiger partial charge in [0.05, 0.1) is 22.3 Å². The Balaban J connectivity index is 2.07. The number of nitriles is 1. The highest BCUT2D eigenvalue weighted by atomic mass is 32.2. The number of benzene rings is 1. The topological polar surface area (TPSA) is 104 Å². The van der Waals surface area contributed by atoms with Crippen molar-refractivity contribution in [1.29, 1.82) is 5.26 Å². The zero-order valence-electron chi connectivity index (χ0n) is 15.5. The predicted molar refractivity (Wildman–Crippen MR) is 111 cm³/mol. The molecular formula is C20H15N5O2S2. The van der Waals surface area contributed by atoms with Crippen LogP contribution in [0.15, 0.2) is 53.8 Å². The summed E-state index contributed by atoms with van der Waals surface area (Å²) in [7, 11) is -3.90. The van der Waals surface area contributed by atoms with Crippen molar-refractivity contribution < 1.29 is 8.42 Å². The summed E-state index contributed by atoms with van der Waals surface area (Å²) < 4.78 is 28.0.